The minimum absolute atomic E-state index is 0.0651. The molecule has 0 saturated heterocycles. The maximum Gasteiger partial charge on any atom is 0.418 e. The van der Waals surface area contributed by atoms with Crippen LogP contribution in [0, 0.1) is 11.8 Å². The number of thioether (sulfide) groups is 1. The third-order valence-corrected chi connectivity index (χ3v) is 4.61. The van der Waals surface area contributed by atoms with Crippen LogP contribution >= 0.6 is 11.8 Å². The van der Waals surface area contributed by atoms with Crippen LogP contribution in [0.1, 0.15) is 25.3 Å². The highest BCUT2D eigenvalue weighted by molar-refractivity contribution is 8.13. The van der Waals surface area contributed by atoms with Gasteiger partial charge in [-0.05, 0) is 25.0 Å². The Bertz CT molecular complexity index is 570. The van der Waals surface area contributed by atoms with E-state index in [2.05, 4.69) is 5.32 Å². The Balaban J connectivity index is 1.95. The number of halogens is 3. The molecule has 120 valence electrons. The van der Waals surface area contributed by atoms with Gasteiger partial charge in [0.15, 0.2) is 5.12 Å². The van der Waals surface area contributed by atoms with Crippen LogP contribution in [0.2, 0.25) is 0 Å². The molecule has 1 amide bonds. The summed E-state index contributed by atoms with van der Waals surface area (Å²) in [7, 11) is 0. The Morgan fingerprint density at radius 3 is 2.55 bits per heavy atom. The second-order valence-corrected chi connectivity index (χ2v) is 6.36. The third kappa shape index (κ3) is 4.50. The van der Waals surface area contributed by atoms with Crippen LogP contribution in [-0.4, -0.2) is 16.8 Å². The fourth-order valence-corrected chi connectivity index (χ4v) is 2.85. The van der Waals surface area contributed by atoms with Crippen LogP contribution in [0.15, 0.2) is 24.3 Å². The molecule has 1 aliphatic rings. The highest BCUT2D eigenvalue weighted by Gasteiger charge is 2.34. The zero-order chi connectivity index (χ0) is 16.3. The Hall–Kier alpha value is -1.50. The van der Waals surface area contributed by atoms with Gasteiger partial charge < -0.3 is 5.32 Å². The van der Waals surface area contributed by atoms with Gasteiger partial charge in [0.2, 0.25) is 5.91 Å². The summed E-state index contributed by atoms with van der Waals surface area (Å²) >= 11 is 1.08. The molecule has 22 heavy (non-hydrogen) atoms. The average molecular weight is 331 g/mol. The van der Waals surface area contributed by atoms with Gasteiger partial charge in [0.1, 0.15) is 0 Å². The predicted octanol–water partition coefficient (Wildman–Crippen LogP) is 3.95. The van der Waals surface area contributed by atoms with Crippen molar-refractivity contribution in [3.63, 3.8) is 0 Å². The second-order valence-electron chi connectivity index (χ2n) is 5.34. The van der Waals surface area contributed by atoms with E-state index in [0.29, 0.717) is 0 Å². The van der Waals surface area contributed by atoms with E-state index < -0.39 is 23.6 Å². The first-order valence-corrected chi connectivity index (χ1v) is 7.91. The quantitative estimate of drug-likeness (QED) is 0.888. The molecule has 1 N–H and O–H groups in total. The summed E-state index contributed by atoms with van der Waals surface area (Å²) in [6, 6.07) is 4.84. The van der Waals surface area contributed by atoms with Crippen LogP contribution in [0.25, 0.3) is 0 Å². The van der Waals surface area contributed by atoms with Gasteiger partial charge in [0, 0.05) is 17.6 Å². The van der Waals surface area contributed by atoms with Crippen LogP contribution < -0.4 is 5.32 Å². The number of anilines is 1. The van der Waals surface area contributed by atoms with Gasteiger partial charge in [-0.2, -0.15) is 13.2 Å². The number of para-hydroxylation sites is 1. The summed E-state index contributed by atoms with van der Waals surface area (Å²) in [5.74, 6) is -0.692. The monoisotopic (exact) mass is 331 g/mol. The van der Waals surface area contributed by atoms with Crippen molar-refractivity contribution in [2.24, 2.45) is 11.8 Å². The summed E-state index contributed by atoms with van der Waals surface area (Å²) in [5, 5.41) is 2.37. The number of carbonyl (C=O) groups is 2. The smallest absolute Gasteiger partial charge is 0.325 e. The number of alkyl halides is 3. The van der Waals surface area contributed by atoms with Crippen LogP contribution in [0.3, 0.4) is 0 Å². The topological polar surface area (TPSA) is 46.2 Å². The van der Waals surface area contributed by atoms with Crippen LogP contribution in [0.4, 0.5) is 18.9 Å². The molecule has 1 aromatic rings. The molecule has 0 heterocycles. The molecule has 0 spiro atoms. The van der Waals surface area contributed by atoms with Crippen molar-refractivity contribution in [1.29, 1.82) is 0 Å². The molecule has 0 aromatic heterocycles. The van der Waals surface area contributed by atoms with Crippen molar-refractivity contribution in [3.05, 3.63) is 29.8 Å². The summed E-state index contributed by atoms with van der Waals surface area (Å²) in [4.78, 5) is 23.5. The van der Waals surface area contributed by atoms with Crippen molar-refractivity contribution in [3.8, 4) is 0 Å². The maximum absolute atomic E-state index is 12.8. The second kappa shape index (κ2) is 6.73. The van der Waals surface area contributed by atoms with E-state index in [1.165, 1.54) is 18.2 Å². The Kier molecular flexibility index (Phi) is 5.16. The lowest BCUT2D eigenvalue weighted by atomic mass is 10.1. The average Bonchev–Trinajstić information content (AvgIpc) is 3.28. The van der Waals surface area contributed by atoms with Crippen molar-refractivity contribution in [2.75, 3.05) is 11.1 Å². The van der Waals surface area contributed by atoms with Gasteiger partial charge in [-0.1, -0.05) is 30.8 Å². The molecule has 1 atom stereocenters. The van der Waals surface area contributed by atoms with Crippen molar-refractivity contribution in [2.45, 2.75) is 25.9 Å². The van der Waals surface area contributed by atoms with Gasteiger partial charge >= 0.3 is 6.18 Å². The summed E-state index contributed by atoms with van der Waals surface area (Å²) in [6.07, 6.45) is -2.74. The number of nitrogens with one attached hydrogen (secondary N) is 1. The number of amides is 1. The van der Waals surface area contributed by atoms with Crippen LogP contribution in [-0.2, 0) is 15.8 Å². The molecule has 1 aliphatic carbocycles. The van der Waals surface area contributed by atoms with Gasteiger partial charge in [-0.25, -0.2) is 0 Å². The molecule has 0 aliphatic heterocycles. The first-order chi connectivity index (χ1) is 10.3. The molecule has 1 fully saturated rings. The molecular formula is C15H16F3NO2S. The largest absolute Gasteiger partial charge is 0.418 e. The van der Waals surface area contributed by atoms with Gasteiger partial charge in [-0.3, -0.25) is 9.59 Å². The lowest BCUT2D eigenvalue weighted by Gasteiger charge is -2.16. The number of rotatable bonds is 5. The van der Waals surface area contributed by atoms with E-state index in [0.717, 1.165) is 30.7 Å². The molecule has 2 rings (SSSR count). The fourth-order valence-electron chi connectivity index (χ4n) is 1.81. The Labute approximate surface area is 130 Å². The number of hydrogen-bond acceptors (Lipinski definition) is 3. The van der Waals surface area contributed by atoms with Gasteiger partial charge in [0.25, 0.3) is 0 Å². The highest BCUT2D eigenvalue weighted by atomic mass is 32.2. The number of benzene rings is 1. The standard InChI is InChI=1S/C15H16F3NO2S/c1-9(8-22-14(21)10-6-7-10)13(20)19-12-5-3-2-4-11(12)15(16,17)18/h2-5,9-10H,6-8H2,1H3,(H,19,20). The Morgan fingerprint density at radius 1 is 1.32 bits per heavy atom. The van der Waals surface area contributed by atoms with E-state index >= 15 is 0 Å². The van der Waals surface area contributed by atoms with E-state index in [1.54, 1.807) is 6.92 Å². The summed E-state index contributed by atoms with van der Waals surface area (Å²) in [6.45, 7) is 1.60. The van der Waals surface area contributed by atoms with Crippen molar-refractivity contribution >= 4 is 28.5 Å². The summed E-state index contributed by atoms with van der Waals surface area (Å²) < 4.78 is 38.5. The van der Waals surface area contributed by atoms with E-state index in [4.69, 9.17) is 0 Å². The minimum atomic E-state index is -4.52. The van der Waals surface area contributed by atoms with E-state index in [1.807, 2.05) is 0 Å². The normalized spacial score (nSPS) is 16.2. The zero-order valence-corrected chi connectivity index (χ0v) is 12.8. The minimum Gasteiger partial charge on any atom is -0.325 e. The SMILES string of the molecule is CC(CSC(=O)C1CC1)C(=O)Nc1ccccc1C(F)(F)F. The number of carbonyl (C=O) groups excluding carboxylic acids is 2. The third-order valence-electron chi connectivity index (χ3n) is 3.32. The predicted molar refractivity (Wildman–Crippen MR) is 79.4 cm³/mol. The zero-order valence-electron chi connectivity index (χ0n) is 11.9. The first kappa shape index (κ1) is 16.9. The Morgan fingerprint density at radius 2 is 1.95 bits per heavy atom. The molecule has 1 saturated carbocycles. The van der Waals surface area contributed by atoms with Crippen molar-refractivity contribution < 1.29 is 22.8 Å². The molecule has 0 radical (unpaired) electrons. The van der Waals surface area contributed by atoms with E-state index in [-0.39, 0.29) is 22.5 Å². The van der Waals surface area contributed by atoms with E-state index in [9.17, 15) is 22.8 Å². The lowest BCUT2D eigenvalue weighted by Crippen LogP contribution is -2.24. The van der Waals surface area contributed by atoms with Gasteiger partial charge in [0.05, 0.1) is 11.3 Å². The van der Waals surface area contributed by atoms with Crippen molar-refractivity contribution in [1.82, 2.24) is 0 Å². The molecule has 1 unspecified atom stereocenters. The highest BCUT2D eigenvalue weighted by Crippen LogP contribution is 2.36. The maximum atomic E-state index is 12.8. The van der Waals surface area contributed by atoms with Crippen LogP contribution in [0.5, 0.6) is 0 Å². The van der Waals surface area contributed by atoms with Gasteiger partial charge in [-0.15, -0.1) is 0 Å². The lowest BCUT2D eigenvalue weighted by molar-refractivity contribution is -0.137. The first-order valence-electron chi connectivity index (χ1n) is 6.92. The molecular weight excluding hydrogens is 315 g/mol. The molecule has 3 nitrogen and oxygen atoms in total. The molecule has 7 heteroatoms. The molecule has 0 bridgehead atoms. The number of hydrogen-bond donors (Lipinski definition) is 1. The molecule has 1 aromatic carbocycles. The fraction of sp³-hybridized carbons (Fsp3) is 0.467. The summed E-state index contributed by atoms with van der Waals surface area (Å²) in [5.41, 5.74) is -1.14.